The zero-order chi connectivity index (χ0) is 16.7. The van der Waals surface area contributed by atoms with Crippen molar-refractivity contribution in [2.45, 2.75) is 33.4 Å². The number of hydrogen-bond acceptors (Lipinski definition) is 3. The number of aliphatic carboxylic acids is 1. The molecule has 0 fully saturated rings. The van der Waals surface area contributed by atoms with Crippen LogP contribution in [-0.4, -0.2) is 24.2 Å². The fraction of sp³-hybridized carbons (Fsp3) is 0.533. The van der Waals surface area contributed by atoms with Crippen LogP contribution in [0.4, 0.5) is 8.78 Å². The van der Waals surface area contributed by atoms with Crippen LogP contribution in [0.25, 0.3) is 0 Å². The molecule has 0 amide bonds. The SMILES string of the molecule is CC(C)CC(CNCc1cc(Br)ccc1OC(F)F)C(=O)O. The second-order valence-corrected chi connectivity index (χ2v) is 6.34. The van der Waals surface area contributed by atoms with E-state index >= 15 is 0 Å². The highest BCUT2D eigenvalue weighted by Gasteiger charge is 2.18. The number of carbonyl (C=O) groups is 1. The van der Waals surface area contributed by atoms with Gasteiger partial charge in [0.05, 0.1) is 5.92 Å². The number of rotatable bonds is 9. The third-order valence-corrected chi connectivity index (χ3v) is 3.54. The van der Waals surface area contributed by atoms with E-state index in [9.17, 15) is 13.6 Å². The van der Waals surface area contributed by atoms with Crippen molar-refractivity contribution in [1.29, 1.82) is 0 Å². The average Bonchev–Trinajstić information content (AvgIpc) is 2.39. The Labute approximate surface area is 137 Å². The minimum absolute atomic E-state index is 0.0847. The second-order valence-electron chi connectivity index (χ2n) is 5.43. The van der Waals surface area contributed by atoms with Crippen LogP contribution in [0.15, 0.2) is 22.7 Å². The van der Waals surface area contributed by atoms with Crippen LogP contribution < -0.4 is 10.1 Å². The zero-order valence-corrected chi connectivity index (χ0v) is 14.1. The number of alkyl halides is 2. The summed E-state index contributed by atoms with van der Waals surface area (Å²) in [5.41, 5.74) is 0.545. The second kappa shape index (κ2) is 9.05. The van der Waals surface area contributed by atoms with Crippen molar-refractivity contribution in [1.82, 2.24) is 5.32 Å². The summed E-state index contributed by atoms with van der Waals surface area (Å²) in [6, 6.07) is 4.74. The van der Waals surface area contributed by atoms with Crippen LogP contribution in [0.2, 0.25) is 0 Å². The van der Waals surface area contributed by atoms with Crippen molar-refractivity contribution in [3.8, 4) is 5.75 Å². The van der Waals surface area contributed by atoms with Crippen molar-refractivity contribution in [3.05, 3.63) is 28.2 Å². The van der Waals surface area contributed by atoms with Gasteiger partial charge in [-0.05, 0) is 30.5 Å². The molecule has 1 rings (SSSR count). The van der Waals surface area contributed by atoms with E-state index < -0.39 is 18.5 Å². The number of carboxylic acid groups (broad SMARTS) is 1. The molecule has 0 spiro atoms. The predicted molar refractivity (Wildman–Crippen MR) is 83.1 cm³/mol. The van der Waals surface area contributed by atoms with Gasteiger partial charge in [0.15, 0.2) is 0 Å². The quantitative estimate of drug-likeness (QED) is 0.683. The first kappa shape index (κ1) is 18.8. The Kier molecular flexibility index (Phi) is 7.75. The van der Waals surface area contributed by atoms with Crippen molar-refractivity contribution in [3.63, 3.8) is 0 Å². The highest BCUT2D eigenvalue weighted by Crippen LogP contribution is 2.25. The summed E-state index contributed by atoms with van der Waals surface area (Å²) in [7, 11) is 0. The Bertz CT molecular complexity index is 498. The molecule has 7 heteroatoms. The summed E-state index contributed by atoms with van der Waals surface area (Å²) < 4.78 is 29.9. The summed E-state index contributed by atoms with van der Waals surface area (Å²) in [5, 5.41) is 12.2. The molecule has 1 aromatic carbocycles. The normalized spacial score (nSPS) is 12.7. The van der Waals surface area contributed by atoms with E-state index in [4.69, 9.17) is 5.11 Å². The fourth-order valence-electron chi connectivity index (χ4n) is 2.12. The summed E-state index contributed by atoms with van der Waals surface area (Å²) in [4.78, 5) is 11.2. The molecular weight excluding hydrogens is 360 g/mol. The van der Waals surface area contributed by atoms with Gasteiger partial charge in [-0.2, -0.15) is 8.78 Å². The lowest BCUT2D eigenvalue weighted by Crippen LogP contribution is -2.29. The van der Waals surface area contributed by atoms with Crippen LogP contribution in [0.5, 0.6) is 5.75 Å². The van der Waals surface area contributed by atoms with Gasteiger partial charge in [0.1, 0.15) is 5.75 Å². The van der Waals surface area contributed by atoms with E-state index in [1.54, 1.807) is 12.1 Å². The Morgan fingerprint density at radius 2 is 2.09 bits per heavy atom. The average molecular weight is 380 g/mol. The third-order valence-electron chi connectivity index (χ3n) is 3.05. The first-order valence-electron chi connectivity index (χ1n) is 6.96. The van der Waals surface area contributed by atoms with E-state index in [2.05, 4.69) is 26.0 Å². The van der Waals surface area contributed by atoms with Crippen LogP contribution in [0, 0.1) is 11.8 Å². The maximum Gasteiger partial charge on any atom is 0.387 e. The van der Waals surface area contributed by atoms with Gasteiger partial charge in [-0.1, -0.05) is 29.8 Å². The van der Waals surface area contributed by atoms with Gasteiger partial charge in [0.2, 0.25) is 0 Å². The lowest BCUT2D eigenvalue weighted by molar-refractivity contribution is -0.142. The Morgan fingerprint density at radius 1 is 1.41 bits per heavy atom. The molecule has 0 heterocycles. The summed E-state index contributed by atoms with van der Waals surface area (Å²) in [6.45, 7) is 1.54. The van der Waals surface area contributed by atoms with E-state index in [0.29, 0.717) is 12.0 Å². The molecule has 0 bridgehead atoms. The van der Waals surface area contributed by atoms with Crippen LogP contribution in [0.3, 0.4) is 0 Å². The highest BCUT2D eigenvalue weighted by atomic mass is 79.9. The number of hydrogen-bond donors (Lipinski definition) is 2. The fourth-order valence-corrected chi connectivity index (χ4v) is 2.53. The molecule has 1 atom stereocenters. The summed E-state index contributed by atoms with van der Waals surface area (Å²) in [6.07, 6.45) is 0.557. The van der Waals surface area contributed by atoms with E-state index in [1.165, 1.54) is 6.07 Å². The number of halogens is 3. The largest absolute Gasteiger partial charge is 0.481 e. The number of benzene rings is 1. The van der Waals surface area contributed by atoms with Gasteiger partial charge in [0, 0.05) is 23.1 Å². The van der Waals surface area contributed by atoms with Gasteiger partial charge >= 0.3 is 12.6 Å². The third kappa shape index (κ3) is 6.70. The lowest BCUT2D eigenvalue weighted by Gasteiger charge is -2.16. The zero-order valence-electron chi connectivity index (χ0n) is 12.5. The smallest absolute Gasteiger partial charge is 0.387 e. The summed E-state index contributed by atoms with van der Waals surface area (Å²) in [5.74, 6) is -1.01. The Morgan fingerprint density at radius 3 is 2.64 bits per heavy atom. The number of ether oxygens (including phenoxy) is 1. The molecule has 0 aliphatic rings. The van der Waals surface area contributed by atoms with Gasteiger partial charge in [-0.15, -0.1) is 0 Å². The molecule has 0 aromatic heterocycles. The molecule has 1 unspecified atom stereocenters. The van der Waals surface area contributed by atoms with Crippen LogP contribution in [0.1, 0.15) is 25.8 Å². The van der Waals surface area contributed by atoms with Crippen molar-refractivity contribution in [2.24, 2.45) is 11.8 Å². The maximum absolute atomic E-state index is 12.4. The molecule has 1 aromatic rings. The minimum atomic E-state index is -2.90. The number of nitrogens with one attached hydrogen (secondary N) is 1. The van der Waals surface area contributed by atoms with Gasteiger partial charge in [0.25, 0.3) is 0 Å². The van der Waals surface area contributed by atoms with Crippen LogP contribution in [-0.2, 0) is 11.3 Å². The topological polar surface area (TPSA) is 58.6 Å². The van der Waals surface area contributed by atoms with Crippen molar-refractivity contribution >= 4 is 21.9 Å². The summed E-state index contributed by atoms with van der Waals surface area (Å²) >= 11 is 3.27. The molecule has 0 aliphatic heterocycles. The molecule has 2 N–H and O–H groups in total. The predicted octanol–water partition coefficient (Wildman–Crippen LogP) is 3.89. The Balaban J connectivity index is 2.66. The minimum Gasteiger partial charge on any atom is -0.481 e. The molecule has 22 heavy (non-hydrogen) atoms. The monoisotopic (exact) mass is 379 g/mol. The molecule has 0 radical (unpaired) electrons. The number of carboxylic acids is 1. The first-order chi connectivity index (χ1) is 10.3. The standard InChI is InChI=1S/C15H20BrF2NO3/c1-9(2)5-11(14(20)21)8-19-7-10-6-12(16)3-4-13(10)22-15(17)18/h3-4,6,9,11,15,19H,5,7-8H2,1-2H3,(H,20,21). The van der Waals surface area contributed by atoms with Gasteiger partial charge < -0.3 is 15.2 Å². The first-order valence-corrected chi connectivity index (χ1v) is 7.75. The van der Waals surface area contributed by atoms with E-state index in [1.807, 2.05) is 13.8 Å². The molecule has 0 saturated heterocycles. The molecule has 0 aliphatic carbocycles. The Hall–Kier alpha value is -1.21. The van der Waals surface area contributed by atoms with E-state index in [0.717, 1.165) is 4.47 Å². The van der Waals surface area contributed by atoms with Gasteiger partial charge in [-0.25, -0.2) is 0 Å². The van der Waals surface area contributed by atoms with E-state index in [-0.39, 0.29) is 24.8 Å². The molecule has 124 valence electrons. The van der Waals surface area contributed by atoms with Crippen molar-refractivity contribution in [2.75, 3.05) is 6.54 Å². The van der Waals surface area contributed by atoms with Crippen LogP contribution >= 0.6 is 15.9 Å². The van der Waals surface area contributed by atoms with Crippen molar-refractivity contribution < 1.29 is 23.4 Å². The molecule has 4 nitrogen and oxygen atoms in total. The molecule has 0 saturated carbocycles. The van der Waals surface area contributed by atoms with Gasteiger partial charge in [-0.3, -0.25) is 4.79 Å². The maximum atomic E-state index is 12.4. The lowest BCUT2D eigenvalue weighted by atomic mass is 9.97. The highest BCUT2D eigenvalue weighted by molar-refractivity contribution is 9.10. The molecular formula is C15H20BrF2NO3.